The molecule has 4 aromatic rings. The standard InChI is InChI=1S/C30H34N6O5/c1-30(2,3)41-29(38)35-16-14-34(15-17-35)22-9-7-21(8-10-22)32-28(37)23-19-27-31-13-12-24(36(27)33-23)20-6-11-25(39-4)26(18-20)40-5/h6-13,18-19H,14-17H2,1-5H3,(H,32,37). The van der Waals surface area contributed by atoms with Crippen molar-refractivity contribution in [1.82, 2.24) is 19.5 Å². The zero-order valence-corrected chi connectivity index (χ0v) is 23.9. The van der Waals surface area contributed by atoms with E-state index in [0.717, 1.165) is 16.9 Å². The summed E-state index contributed by atoms with van der Waals surface area (Å²) < 4.78 is 17.9. The number of amides is 2. The Labute approximate surface area is 238 Å². The molecule has 11 heteroatoms. The number of methoxy groups -OCH3 is 2. The third kappa shape index (κ3) is 6.19. The van der Waals surface area contributed by atoms with Crippen LogP contribution in [0.4, 0.5) is 16.2 Å². The lowest BCUT2D eigenvalue weighted by Gasteiger charge is -2.36. The van der Waals surface area contributed by atoms with Crippen molar-refractivity contribution in [2.75, 3.05) is 50.6 Å². The van der Waals surface area contributed by atoms with E-state index in [1.165, 1.54) is 0 Å². The van der Waals surface area contributed by atoms with Crippen LogP contribution in [0.25, 0.3) is 16.9 Å². The summed E-state index contributed by atoms with van der Waals surface area (Å²) in [6, 6.07) is 16.7. The van der Waals surface area contributed by atoms with Crippen molar-refractivity contribution in [3.63, 3.8) is 0 Å². The van der Waals surface area contributed by atoms with E-state index in [1.54, 1.807) is 35.9 Å². The molecule has 1 aliphatic rings. The maximum atomic E-state index is 13.1. The maximum absolute atomic E-state index is 13.1. The quantitative estimate of drug-likeness (QED) is 0.362. The summed E-state index contributed by atoms with van der Waals surface area (Å²) in [5, 5.41) is 7.46. The number of piperazine rings is 1. The van der Waals surface area contributed by atoms with Crippen LogP contribution in [0.15, 0.2) is 60.8 Å². The molecular weight excluding hydrogens is 524 g/mol. The van der Waals surface area contributed by atoms with E-state index in [-0.39, 0.29) is 17.7 Å². The van der Waals surface area contributed by atoms with Gasteiger partial charge in [0, 0.05) is 55.4 Å². The van der Waals surface area contributed by atoms with Crippen molar-refractivity contribution in [3.8, 4) is 22.8 Å². The number of fused-ring (bicyclic) bond motifs is 1. The molecule has 214 valence electrons. The van der Waals surface area contributed by atoms with Gasteiger partial charge in [0.05, 0.1) is 19.9 Å². The lowest BCUT2D eigenvalue weighted by molar-refractivity contribution is 0.0240. The molecule has 11 nitrogen and oxygen atoms in total. The third-order valence-electron chi connectivity index (χ3n) is 6.69. The Hall–Kier alpha value is -4.80. The van der Waals surface area contributed by atoms with Gasteiger partial charge in [0.15, 0.2) is 22.8 Å². The summed E-state index contributed by atoms with van der Waals surface area (Å²) >= 11 is 0. The minimum absolute atomic E-state index is 0.243. The topological polar surface area (TPSA) is 111 Å². The fourth-order valence-corrected chi connectivity index (χ4v) is 4.64. The van der Waals surface area contributed by atoms with E-state index in [2.05, 4.69) is 20.3 Å². The molecular formula is C30H34N6O5. The number of anilines is 2. The van der Waals surface area contributed by atoms with Crippen LogP contribution in [-0.2, 0) is 4.74 Å². The van der Waals surface area contributed by atoms with Crippen LogP contribution in [0.3, 0.4) is 0 Å². The highest BCUT2D eigenvalue weighted by molar-refractivity contribution is 6.03. The van der Waals surface area contributed by atoms with Gasteiger partial charge in [-0.1, -0.05) is 0 Å². The molecule has 3 heterocycles. The summed E-state index contributed by atoms with van der Waals surface area (Å²) in [4.78, 5) is 33.7. The average molecular weight is 559 g/mol. The molecule has 0 unspecified atom stereocenters. The Kier molecular flexibility index (Phi) is 7.69. The van der Waals surface area contributed by atoms with Crippen LogP contribution >= 0.6 is 0 Å². The van der Waals surface area contributed by atoms with E-state index >= 15 is 0 Å². The lowest BCUT2D eigenvalue weighted by Crippen LogP contribution is -2.50. The first-order valence-electron chi connectivity index (χ1n) is 13.4. The van der Waals surface area contributed by atoms with Gasteiger partial charge < -0.3 is 29.3 Å². The second-order valence-corrected chi connectivity index (χ2v) is 10.7. The number of hydrogen-bond acceptors (Lipinski definition) is 8. The zero-order chi connectivity index (χ0) is 29.1. The Bertz CT molecular complexity index is 1550. The van der Waals surface area contributed by atoms with Crippen molar-refractivity contribution in [1.29, 1.82) is 0 Å². The maximum Gasteiger partial charge on any atom is 0.410 e. The first-order chi connectivity index (χ1) is 19.6. The number of hydrogen-bond donors (Lipinski definition) is 1. The molecule has 0 bridgehead atoms. The highest BCUT2D eigenvalue weighted by Gasteiger charge is 2.26. The molecule has 1 fully saturated rings. The van der Waals surface area contributed by atoms with Gasteiger partial charge in [-0.25, -0.2) is 14.3 Å². The molecule has 0 atom stereocenters. The van der Waals surface area contributed by atoms with Gasteiger partial charge in [-0.15, -0.1) is 0 Å². The average Bonchev–Trinajstić information content (AvgIpc) is 3.41. The first kappa shape index (κ1) is 27.8. The van der Waals surface area contributed by atoms with E-state index in [0.29, 0.717) is 49.0 Å². The highest BCUT2D eigenvalue weighted by atomic mass is 16.6. The lowest BCUT2D eigenvalue weighted by atomic mass is 10.1. The molecule has 1 N–H and O–H groups in total. The molecule has 0 saturated carbocycles. The van der Waals surface area contributed by atoms with Gasteiger partial charge in [-0.05, 0) is 69.3 Å². The van der Waals surface area contributed by atoms with Crippen LogP contribution in [-0.4, -0.2) is 77.5 Å². The van der Waals surface area contributed by atoms with Crippen molar-refractivity contribution in [2.45, 2.75) is 26.4 Å². The SMILES string of the molecule is COc1ccc(-c2ccnc3cc(C(=O)Nc4ccc(N5CCN(C(=O)OC(C)(C)C)CC5)cc4)nn23)cc1OC. The monoisotopic (exact) mass is 558 g/mol. The van der Waals surface area contributed by atoms with Crippen molar-refractivity contribution in [3.05, 3.63) is 66.5 Å². The van der Waals surface area contributed by atoms with Gasteiger partial charge in [0.1, 0.15) is 5.60 Å². The fraction of sp³-hybridized carbons (Fsp3) is 0.333. The highest BCUT2D eigenvalue weighted by Crippen LogP contribution is 2.32. The van der Waals surface area contributed by atoms with Crippen molar-refractivity contribution < 1.29 is 23.8 Å². The summed E-state index contributed by atoms with van der Waals surface area (Å²) in [5.41, 5.74) is 3.54. The minimum Gasteiger partial charge on any atom is -0.493 e. The number of carbonyl (C=O) groups is 2. The van der Waals surface area contributed by atoms with Crippen LogP contribution < -0.4 is 19.7 Å². The van der Waals surface area contributed by atoms with Crippen LogP contribution in [0.2, 0.25) is 0 Å². The molecule has 2 aromatic carbocycles. The molecule has 1 aliphatic heterocycles. The fourth-order valence-electron chi connectivity index (χ4n) is 4.64. The largest absolute Gasteiger partial charge is 0.493 e. The second kappa shape index (κ2) is 11.4. The molecule has 1 saturated heterocycles. The number of nitrogens with zero attached hydrogens (tertiary/aromatic N) is 5. The van der Waals surface area contributed by atoms with Gasteiger partial charge in [-0.3, -0.25) is 4.79 Å². The van der Waals surface area contributed by atoms with E-state index in [9.17, 15) is 9.59 Å². The molecule has 5 rings (SSSR count). The van der Waals surface area contributed by atoms with Crippen molar-refractivity contribution >= 4 is 29.0 Å². The van der Waals surface area contributed by atoms with E-state index in [1.807, 2.05) is 69.3 Å². The zero-order valence-electron chi connectivity index (χ0n) is 23.9. The third-order valence-corrected chi connectivity index (χ3v) is 6.69. The van der Waals surface area contributed by atoms with Gasteiger partial charge in [-0.2, -0.15) is 5.10 Å². The Morgan fingerprint density at radius 2 is 1.59 bits per heavy atom. The number of carbonyl (C=O) groups excluding carboxylic acids is 2. The van der Waals surface area contributed by atoms with Crippen LogP contribution in [0.1, 0.15) is 31.3 Å². The Balaban J connectivity index is 1.25. The van der Waals surface area contributed by atoms with Gasteiger partial charge in [0.25, 0.3) is 5.91 Å². The summed E-state index contributed by atoms with van der Waals surface area (Å²) in [7, 11) is 3.17. The summed E-state index contributed by atoms with van der Waals surface area (Å²) in [5.74, 6) is 0.872. The van der Waals surface area contributed by atoms with E-state index in [4.69, 9.17) is 14.2 Å². The number of nitrogens with one attached hydrogen (secondary N) is 1. The molecule has 2 amide bonds. The molecule has 0 spiro atoms. The Morgan fingerprint density at radius 1 is 0.878 bits per heavy atom. The molecule has 0 radical (unpaired) electrons. The summed E-state index contributed by atoms with van der Waals surface area (Å²) in [6.45, 7) is 8.16. The summed E-state index contributed by atoms with van der Waals surface area (Å²) in [6.07, 6.45) is 1.39. The predicted molar refractivity (Wildman–Crippen MR) is 156 cm³/mol. The number of aromatic nitrogens is 3. The van der Waals surface area contributed by atoms with E-state index < -0.39 is 5.60 Å². The number of benzene rings is 2. The second-order valence-electron chi connectivity index (χ2n) is 10.7. The smallest absolute Gasteiger partial charge is 0.410 e. The normalized spacial score (nSPS) is 13.7. The number of rotatable bonds is 6. The van der Waals surface area contributed by atoms with Crippen molar-refractivity contribution in [2.24, 2.45) is 0 Å². The van der Waals surface area contributed by atoms with Gasteiger partial charge in [0.2, 0.25) is 0 Å². The van der Waals surface area contributed by atoms with Gasteiger partial charge >= 0.3 is 6.09 Å². The Morgan fingerprint density at radius 3 is 2.24 bits per heavy atom. The number of ether oxygens (including phenoxy) is 3. The molecule has 2 aromatic heterocycles. The molecule has 41 heavy (non-hydrogen) atoms. The van der Waals surface area contributed by atoms with Crippen LogP contribution in [0, 0.1) is 0 Å². The molecule has 0 aliphatic carbocycles. The first-order valence-corrected chi connectivity index (χ1v) is 13.4. The minimum atomic E-state index is -0.513. The van der Waals surface area contributed by atoms with Crippen LogP contribution in [0.5, 0.6) is 11.5 Å². The predicted octanol–water partition coefficient (Wildman–Crippen LogP) is 4.72.